The van der Waals surface area contributed by atoms with Crippen LogP contribution in [-0.4, -0.2) is 37.3 Å². The minimum atomic E-state index is -0.294. The van der Waals surface area contributed by atoms with Crippen molar-refractivity contribution in [3.63, 3.8) is 0 Å². The van der Waals surface area contributed by atoms with Crippen LogP contribution in [-0.2, 0) is 10.5 Å². The number of benzene rings is 1. The lowest BCUT2D eigenvalue weighted by atomic mass is 10.2. The fourth-order valence-corrected chi connectivity index (χ4v) is 2.52. The number of halogens is 1. The quantitative estimate of drug-likeness (QED) is 0.824. The molecule has 1 amide bonds. The zero-order chi connectivity index (χ0) is 13.7. The van der Waals surface area contributed by atoms with Gasteiger partial charge in [-0.2, -0.15) is 0 Å². The van der Waals surface area contributed by atoms with Crippen LogP contribution in [0.1, 0.15) is 12.5 Å². The van der Waals surface area contributed by atoms with Crippen molar-refractivity contribution in [1.82, 2.24) is 4.90 Å². The number of thioether (sulfide) groups is 1. The average molecular weight is 271 g/mol. The van der Waals surface area contributed by atoms with E-state index in [-0.39, 0.29) is 17.0 Å². The van der Waals surface area contributed by atoms with Crippen molar-refractivity contribution in [1.29, 1.82) is 0 Å². The van der Waals surface area contributed by atoms with Gasteiger partial charge in [-0.05, 0) is 25.1 Å². The number of hydrogen-bond acceptors (Lipinski definition) is 3. The van der Waals surface area contributed by atoms with E-state index in [1.807, 2.05) is 6.92 Å². The van der Waals surface area contributed by atoms with E-state index < -0.39 is 0 Å². The van der Waals surface area contributed by atoms with Crippen LogP contribution in [0.15, 0.2) is 18.2 Å². The molecule has 1 aromatic carbocycles. The number of amides is 1. The molecule has 0 aliphatic carbocycles. The van der Waals surface area contributed by atoms with Gasteiger partial charge >= 0.3 is 0 Å². The lowest BCUT2D eigenvalue weighted by molar-refractivity contribution is -0.127. The van der Waals surface area contributed by atoms with E-state index in [1.165, 1.54) is 23.9 Å². The zero-order valence-corrected chi connectivity index (χ0v) is 11.9. The van der Waals surface area contributed by atoms with Gasteiger partial charge in [-0.25, -0.2) is 4.39 Å². The molecule has 0 fully saturated rings. The summed E-state index contributed by atoms with van der Waals surface area (Å²) in [6.07, 6.45) is 0. The summed E-state index contributed by atoms with van der Waals surface area (Å²) >= 11 is 1.47. The highest BCUT2D eigenvalue weighted by molar-refractivity contribution is 7.99. The molecule has 0 unspecified atom stereocenters. The SMILES string of the molecule is COc1ccc(F)cc1CS[C@@H](C)C(=O)N(C)C. The Bertz CT molecular complexity index is 423. The second-order valence-electron chi connectivity index (χ2n) is 4.14. The first kappa shape index (κ1) is 14.8. The molecule has 0 heterocycles. The van der Waals surface area contributed by atoms with Crippen molar-refractivity contribution in [3.8, 4) is 5.75 Å². The van der Waals surface area contributed by atoms with Crippen LogP contribution in [0.3, 0.4) is 0 Å². The molecule has 0 aliphatic heterocycles. The monoisotopic (exact) mass is 271 g/mol. The third-order valence-corrected chi connectivity index (χ3v) is 3.70. The fraction of sp³-hybridized carbons (Fsp3) is 0.462. The first-order chi connectivity index (χ1) is 8.45. The predicted molar refractivity (Wildman–Crippen MR) is 72.4 cm³/mol. The van der Waals surface area contributed by atoms with Gasteiger partial charge in [-0.3, -0.25) is 4.79 Å². The van der Waals surface area contributed by atoms with Crippen LogP contribution in [0.4, 0.5) is 4.39 Å². The maximum Gasteiger partial charge on any atom is 0.234 e. The van der Waals surface area contributed by atoms with Gasteiger partial charge in [0, 0.05) is 25.4 Å². The fourth-order valence-electron chi connectivity index (χ4n) is 1.51. The lowest BCUT2D eigenvalue weighted by Crippen LogP contribution is -2.29. The van der Waals surface area contributed by atoms with Crippen molar-refractivity contribution in [2.75, 3.05) is 21.2 Å². The summed E-state index contributed by atoms with van der Waals surface area (Å²) in [6, 6.07) is 4.41. The van der Waals surface area contributed by atoms with E-state index in [9.17, 15) is 9.18 Å². The third-order valence-electron chi connectivity index (χ3n) is 2.52. The van der Waals surface area contributed by atoms with Crippen molar-refractivity contribution < 1.29 is 13.9 Å². The van der Waals surface area contributed by atoms with Crippen molar-refractivity contribution in [3.05, 3.63) is 29.6 Å². The van der Waals surface area contributed by atoms with Gasteiger partial charge in [0.2, 0.25) is 5.91 Å². The van der Waals surface area contributed by atoms with E-state index >= 15 is 0 Å². The second kappa shape index (κ2) is 6.64. The topological polar surface area (TPSA) is 29.5 Å². The molecule has 1 atom stereocenters. The minimum absolute atomic E-state index is 0.0513. The Morgan fingerprint density at radius 1 is 1.50 bits per heavy atom. The van der Waals surface area contributed by atoms with Crippen molar-refractivity contribution in [2.24, 2.45) is 0 Å². The highest BCUT2D eigenvalue weighted by atomic mass is 32.2. The Kier molecular flexibility index (Phi) is 5.47. The smallest absolute Gasteiger partial charge is 0.234 e. The second-order valence-corrected chi connectivity index (χ2v) is 5.47. The highest BCUT2D eigenvalue weighted by Gasteiger charge is 2.16. The maximum atomic E-state index is 13.2. The number of rotatable bonds is 5. The molecule has 5 heteroatoms. The summed E-state index contributed by atoms with van der Waals surface area (Å²) in [4.78, 5) is 13.2. The summed E-state index contributed by atoms with van der Waals surface area (Å²) in [5.74, 6) is 0.948. The predicted octanol–water partition coefficient (Wildman–Crippen LogP) is 2.54. The number of methoxy groups -OCH3 is 1. The van der Waals surface area contributed by atoms with Gasteiger partial charge in [-0.1, -0.05) is 0 Å². The average Bonchev–Trinajstić information content (AvgIpc) is 2.35. The minimum Gasteiger partial charge on any atom is -0.496 e. The molecule has 0 saturated heterocycles. The number of hydrogen-bond donors (Lipinski definition) is 0. The summed E-state index contributed by atoms with van der Waals surface area (Å²) < 4.78 is 18.3. The molecule has 0 saturated carbocycles. The van der Waals surface area contributed by atoms with Crippen molar-refractivity contribution >= 4 is 17.7 Å². The molecule has 0 aliphatic rings. The molecule has 1 rings (SSSR count). The van der Waals surface area contributed by atoms with Crippen LogP contribution in [0.25, 0.3) is 0 Å². The van der Waals surface area contributed by atoms with E-state index in [0.717, 1.165) is 5.56 Å². The number of carbonyl (C=O) groups is 1. The molecule has 0 aromatic heterocycles. The Morgan fingerprint density at radius 2 is 2.17 bits per heavy atom. The molecule has 18 heavy (non-hydrogen) atoms. The molecule has 1 aromatic rings. The molecular weight excluding hydrogens is 253 g/mol. The largest absolute Gasteiger partial charge is 0.496 e. The third kappa shape index (κ3) is 3.91. The molecule has 0 N–H and O–H groups in total. The highest BCUT2D eigenvalue weighted by Crippen LogP contribution is 2.26. The summed E-state index contributed by atoms with van der Waals surface area (Å²) in [6.45, 7) is 1.85. The zero-order valence-electron chi connectivity index (χ0n) is 11.1. The van der Waals surface area contributed by atoms with Crippen LogP contribution < -0.4 is 4.74 Å². The number of nitrogens with zero attached hydrogens (tertiary/aromatic N) is 1. The van der Waals surface area contributed by atoms with Gasteiger partial charge in [0.15, 0.2) is 0 Å². The molecule has 0 bridgehead atoms. The Balaban J connectivity index is 2.68. The van der Waals surface area contributed by atoms with Gasteiger partial charge in [0.05, 0.1) is 12.4 Å². The van der Waals surface area contributed by atoms with Crippen LogP contribution in [0.2, 0.25) is 0 Å². The van der Waals surface area contributed by atoms with Gasteiger partial charge < -0.3 is 9.64 Å². The summed E-state index contributed by atoms with van der Waals surface area (Å²) in [5, 5.41) is -0.159. The Labute approximate surface area is 111 Å². The first-order valence-corrected chi connectivity index (χ1v) is 6.65. The number of carbonyl (C=O) groups excluding carboxylic acids is 1. The van der Waals surface area contributed by atoms with Crippen LogP contribution in [0.5, 0.6) is 5.75 Å². The molecular formula is C13H18FNO2S. The molecule has 100 valence electrons. The first-order valence-electron chi connectivity index (χ1n) is 5.61. The Morgan fingerprint density at radius 3 is 2.72 bits per heavy atom. The summed E-state index contributed by atoms with van der Waals surface area (Å²) in [5.41, 5.74) is 0.765. The molecule has 3 nitrogen and oxygen atoms in total. The normalized spacial score (nSPS) is 12.1. The van der Waals surface area contributed by atoms with E-state index in [1.54, 1.807) is 32.2 Å². The van der Waals surface area contributed by atoms with Gasteiger partial charge in [0.25, 0.3) is 0 Å². The van der Waals surface area contributed by atoms with Crippen LogP contribution in [0, 0.1) is 5.82 Å². The van der Waals surface area contributed by atoms with E-state index in [2.05, 4.69) is 0 Å². The maximum absolute atomic E-state index is 13.2. The number of ether oxygens (including phenoxy) is 1. The van der Waals surface area contributed by atoms with Crippen LogP contribution >= 0.6 is 11.8 Å². The van der Waals surface area contributed by atoms with E-state index in [4.69, 9.17) is 4.74 Å². The van der Waals surface area contributed by atoms with Gasteiger partial charge in [-0.15, -0.1) is 11.8 Å². The Hall–Kier alpha value is -1.23. The lowest BCUT2D eigenvalue weighted by Gasteiger charge is -2.17. The summed E-state index contributed by atoms with van der Waals surface area (Å²) in [7, 11) is 5.00. The van der Waals surface area contributed by atoms with Crippen molar-refractivity contribution in [2.45, 2.75) is 17.9 Å². The molecule has 0 radical (unpaired) electrons. The van der Waals surface area contributed by atoms with E-state index in [0.29, 0.717) is 11.5 Å². The standard InChI is InChI=1S/C13H18FNO2S/c1-9(13(16)15(2)3)18-8-10-7-11(14)5-6-12(10)17-4/h5-7,9H,8H2,1-4H3/t9-/m0/s1. The van der Waals surface area contributed by atoms with Gasteiger partial charge in [0.1, 0.15) is 11.6 Å². The molecule has 0 spiro atoms.